The van der Waals surface area contributed by atoms with Gasteiger partial charge in [0.2, 0.25) is 0 Å². The minimum absolute atomic E-state index is 0.853. The van der Waals surface area contributed by atoms with Gasteiger partial charge in [0, 0.05) is 49.1 Å². The maximum Gasteiger partial charge on any atom is 0.143 e. The Labute approximate surface area is 548 Å². The number of furan rings is 2. The van der Waals surface area contributed by atoms with Gasteiger partial charge < -0.3 is 13.4 Å². The van der Waals surface area contributed by atoms with Crippen LogP contribution < -0.4 is 0 Å². The molecule has 0 fully saturated rings. The molecule has 0 radical (unpaired) electrons. The molecule has 0 N–H and O–H groups in total. The topological polar surface area (TPSA) is 31.2 Å². The van der Waals surface area contributed by atoms with Crippen LogP contribution in [0.4, 0.5) is 0 Å². The Bertz CT molecular complexity index is 5960. The van der Waals surface area contributed by atoms with Gasteiger partial charge in [0.1, 0.15) is 22.3 Å². The summed E-state index contributed by atoms with van der Waals surface area (Å²) in [5.74, 6) is 0. The third-order valence-corrected chi connectivity index (χ3v) is 19.5. The zero-order valence-electron chi connectivity index (χ0n) is 51.7. The van der Waals surface area contributed by atoms with E-state index in [9.17, 15) is 0 Å². The van der Waals surface area contributed by atoms with Crippen LogP contribution in [-0.2, 0) is 0 Å². The highest BCUT2D eigenvalue weighted by atomic mass is 16.3. The van der Waals surface area contributed by atoms with Crippen molar-refractivity contribution >= 4 is 87.2 Å². The van der Waals surface area contributed by atoms with E-state index < -0.39 is 0 Å². The van der Waals surface area contributed by atoms with Crippen molar-refractivity contribution in [2.45, 2.75) is 0 Å². The summed E-state index contributed by atoms with van der Waals surface area (Å²) in [7, 11) is 0. The smallest absolute Gasteiger partial charge is 0.143 e. The maximum absolute atomic E-state index is 7.07. The average molecular weight is 1210 g/mol. The second-order valence-corrected chi connectivity index (χ2v) is 25.0. The largest absolute Gasteiger partial charge is 0.455 e. The molecule has 0 aliphatic carbocycles. The predicted octanol–water partition coefficient (Wildman–Crippen LogP) is 25.9. The van der Waals surface area contributed by atoms with Crippen molar-refractivity contribution < 1.29 is 8.83 Å². The lowest BCUT2D eigenvalue weighted by Gasteiger charge is -2.19. The van der Waals surface area contributed by atoms with Gasteiger partial charge in [-0.2, -0.15) is 0 Å². The lowest BCUT2D eigenvalue weighted by molar-refractivity contribution is 0.669. The van der Waals surface area contributed by atoms with Gasteiger partial charge >= 0.3 is 0 Å². The van der Waals surface area contributed by atoms with E-state index in [2.05, 4.69) is 350 Å². The molecule has 0 aliphatic rings. The molecule has 0 atom stereocenters. The molecule has 0 saturated carbocycles. The summed E-state index contributed by atoms with van der Waals surface area (Å²) in [6.07, 6.45) is 0. The quantitative estimate of drug-likeness (QED) is 0.128. The summed E-state index contributed by atoms with van der Waals surface area (Å²) in [5, 5.41) is 11.5. The van der Waals surface area contributed by atoms with Crippen LogP contribution >= 0.6 is 0 Å². The molecule has 0 unspecified atom stereocenters. The number of aromatic nitrogens is 1. The van der Waals surface area contributed by atoms with Crippen LogP contribution in [0.1, 0.15) is 0 Å². The first-order valence-electron chi connectivity index (χ1n) is 32.6. The highest BCUT2D eigenvalue weighted by molar-refractivity contribution is 6.23. The first-order valence-corrected chi connectivity index (χ1v) is 32.6. The Balaban J connectivity index is 0.857. The molecule has 0 bridgehead atoms. The van der Waals surface area contributed by atoms with E-state index >= 15 is 0 Å². The predicted molar refractivity (Wildman–Crippen MR) is 399 cm³/mol. The summed E-state index contributed by atoms with van der Waals surface area (Å²) in [6, 6.07) is 126. The summed E-state index contributed by atoms with van der Waals surface area (Å²) >= 11 is 0. The minimum atomic E-state index is 0.853. The van der Waals surface area contributed by atoms with E-state index in [0.717, 1.165) is 138 Å². The fourth-order valence-corrected chi connectivity index (χ4v) is 15.0. The summed E-state index contributed by atoms with van der Waals surface area (Å²) in [6.45, 7) is 0. The molecule has 3 nitrogen and oxygen atoms in total. The fourth-order valence-electron chi connectivity index (χ4n) is 15.0. The van der Waals surface area contributed by atoms with Crippen molar-refractivity contribution in [1.82, 2.24) is 4.57 Å². The van der Waals surface area contributed by atoms with E-state index in [-0.39, 0.29) is 0 Å². The standard InChI is InChI=1S/C92H57NO2/c1-7-22-58(23-8-1)65-41-46-87-80(49-65)83-54-70(60-26-11-3-12-27-60)52-78(91(83)94-87)68-39-43-73-74-44-40-69(79-53-71(61-28-13-4-14-29-61)55-84-81-50-66(59-24-9-2-10-25-59)42-47-88(81)95-92(79)84)57-86(74)93(85(73)56-68)72-35-21-34-64(48-72)67-38-45-77-82(51-67)90(63-32-17-6-18-33-63)76-37-20-19-36-75(76)89(77)62-30-15-5-16-31-62/h1-57H. The Hall–Kier alpha value is -12.6. The zero-order valence-corrected chi connectivity index (χ0v) is 51.7. The van der Waals surface area contributed by atoms with Crippen molar-refractivity contribution in [2.24, 2.45) is 0 Å². The van der Waals surface area contributed by atoms with Crippen molar-refractivity contribution in [3.63, 3.8) is 0 Å². The van der Waals surface area contributed by atoms with Gasteiger partial charge in [0.15, 0.2) is 0 Å². The molecule has 0 spiro atoms. The SMILES string of the molecule is c1ccc(-c2ccc3oc4c(-c5ccc6c7ccc(-c8cc(-c9ccccc9)cc9c8oc8ccc(-c%10ccccc%10)cc89)cc7n(-c7cccc(-c8ccc9c(-c%10ccccc%10)c%10ccccc%10c(-c%10ccccc%10)c9c8)c7)c6c5)cc(-c5ccccc5)cc4c3c2)cc1. The minimum Gasteiger partial charge on any atom is -0.455 e. The third-order valence-electron chi connectivity index (χ3n) is 19.5. The van der Waals surface area contributed by atoms with Crippen molar-refractivity contribution in [3.8, 4) is 106 Å². The Morgan fingerprint density at radius 2 is 0.505 bits per heavy atom. The van der Waals surface area contributed by atoms with Gasteiger partial charge in [-0.15, -0.1) is 0 Å². The van der Waals surface area contributed by atoms with Crippen LogP contribution in [0.2, 0.25) is 0 Å². The molecule has 3 aromatic heterocycles. The number of nitrogens with zero attached hydrogens (tertiary/aromatic N) is 1. The summed E-state index contributed by atoms with van der Waals surface area (Å²) in [5.41, 5.74) is 27.1. The van der Waals surface area contributed by atoms with Crippen LogP contribution in [0.25, 0.3) is 193 Å². The number of benzene rings is 16. The van der Waals surface area contributed by atoms with E-state index in [4.69, 9.17) is 8.83 Å². The highest BCUT2D eigenvalue weighted by Gasteiger charge is 2.24. The summed E-state index contributed by atoms with van der Waals surface area (Å²) < 4.78 is 16.6. The number of hydrogen-bond donors (Lipinski definition) is 0. The molecule has 95 heavy (non-hydrogen) atoms. The van der Waals surface area contributed by atoms with Gasteiger partial charge in [-0.25, -0.2) is 0 Å². The Kier molecular flexibility index (Phi) is 12.6. The lowest BCUT2D eigenvalue weighted by atomic mass is 9.85. The molecular formula is C92H57NO2. The maximum atomic E-state index is 7.07. The molecule has 19 rings (SSSR count). The molecule has 19 aromatic rings. The fraction of sp³-hybridized carbons (Fsp3) is 0. The normalized spacial score (nSPS) is 11.8. The molecule has 0 amide bonds. The van der Waals surface area contributed by atoms with Gasteiger partial charge in [0.25, 0.3) is 0 Å². The van der Waals surface area contributed by atoms with Crippen LogP contribution in [0.5, 0.6) is 0 Å². The Morgan fingerprint density at radius 3 is 0.968 bits per heavy atom. The highest BCUT2D eigenvalue weighted by Crippen LogP contribution is 2.48. The lowest BCUT2D eigenvalue weighted by Crippen LogP contribution is -1.96. The van der Waals surface area contributed by atoms with E-state index in [1.54, 1.807) is 0 Å². The molecule has 16 aromatic carbocycles. The van der Waals surface area contributed by atoms with E-state index in [0.29, 0.717) is 0 Å². The Morgan fingerprint density at radius 1 is 0.179 bits per heavy atom. The van der Waals surface area contributed by atoms with Crippen LogP contribution in [0.3, 0.4) is 0 Å². The molecule has 442 valence electrons. The third kappa shape index (κ3) is 9.12. The molecule has 3 heterocycles. The molecule has 3 heteroatoms. The van der Waals surface area contributed by atoms with Crippen molar-refractivity contribution in [3.05, 3.63) is 346 Å². The van der Waals surface area contributed by atoms with E-state index in [1.807, 2.05) is 0 Å². The van der Waals surface area contributed by atoms with Crippen LogP contribution in [0.15, 0.2) is 355 Å². The van der Waals surface area contributed by atoms with Crippen LogP contribution in [-0.4, -0.2) is 4.57 Å². The monoisotopic (exact) mass is 1210 g/mol. The van der Waals surface area contributed by atoms with Crippen molar-refractivity contribution in [2.75, 3.05) is 0 Å². The zero-order chi connectivity index (χ0) is 62.5. The second kappa shape index (κ2) is 22.1. The second-order valence-electron chi connectivity index (χ2n) is 25.0. The summed E-state index contributed by atoms with van der Waals surface area (Å²) in [4.78, 5) is 0. The van der Waals surface area contributed by atoms with Gasteiger partial charge in [-0.1, -0.05) is 267 Å². The molecule has 0 saturated heterocycles. The number of fused-ring (bicyclic) bond motifs is 11. The van der Waals surface area contributed by atoms with Gasteiger partial charge in [0.05, 0.1) is 11.0 Å². The average Bonchev–Trinajstić information content (AvgIpc) is 1.74. The van der Waals surface area contributed by atoms with Gasteiger partial charge in [-0.3, -0.25) is 0 Å². The number of rotatable bonds is 10. The van der Waals surface area contributed by atoms with Crippen molar-refractivity contribution in [1.29, 1.82) is 0 Å². The first kappa shape index (κ1) is 54.2. The molecule has 0 aliphatic heterocycles. The van der Waals surface area contributed by atoms with Crippen LogP contribution in [0, 0.1) is 0 Å². The van der Waals surface area contributed by atoms with E-state index in [1.165, 1.54) is 54.9 Å². The first-order chi connectivity index (χ1) is 47.1. The molecular weight excluding hydrogens is 1150 g/mol. The van der Waals surface area contributed by atoms with Gasteiger partial charge in [-0.05, 0) is 189 Å². The number of hydrogen-bond acceptors (Lipinski definition) is 2.